The predicted octanol–water partition coefficient (Wildman–Crippen LogP) is 1.98. The first-order chi connectivity index (χ1) is 8.40. The van der Waals surface area contributed by atoms with Crippen molar-refractivity contribution in [3.8, 4) is 5.75 Å². The summed E-state index contributed by atoms with van der Waals surface area (Å²) in [5, 5.41) is 3.25. The van der Waals surface area contributed by atoms with Gasteiger partial charge in [-0.25, -0.2) is 4.98 Å². The van der Waals surface area contributed by atoms with Crippen LogP contribution >= 0.6 is 11.3 Å². The van der Waals surface area contributed by atoms with Crippen LogP contribution in [0.2, 0.25) is 0 Å². The third kappa shape index (κ3) is 2.60. The molecule has 0 atom stereocenters. The Hall–Kier alpha value is -1.66. The van der Waals surface area contributed by atoms with Crippen molar-refractivity contribution in [1.82, 2.24) is 4.98 Å². The number of ether oxygens (including phenoxy) is 1. The van der Waals surface area contributed by atoms with Gasteiger partial charge in [-0.05, 0) is 26.0 Å². The average molecular weight is 265 g/mol. The van der Waals surface area contributed by atoms with E-state index in [4.69, 9.17) is 10.5 Å². The topological polar surface area (TPSA) is 77.2 Å². The lowest BCUT2D eigenvalue weighted by molar-refractivity contribution is -0.120. The summed E-state index contributed by atoms with van der Waals surface area (Å²) in [7, 11) is 1.60. The van der Waals surface area contributed by atoms with E-state index in [1.807, 2.05) is 18.2 Å². The number of thiazole rings is 1. The zero-order chi connectivity index (χ0) is 13.3. The van der Waals surface area contributed by atoms with E-state index in [0.29, 0.717) is 5.13 Å². The molecular weight excluding hydrogens is 250 g/mol. The van der Waals surface area contributed by atoms with E-state index < -0.39 is 5.54 Å². The van der Waals surface area contributed by atoms with Crippen LogP contribution in [0.15, 0.2) is 18.2 Å². The van der Waals surface area contributed by atoms with Crippen LogP contribution in [0, 0.1) is 0 Å². The number of benzene rings is 1. The van der Waals surface area contributed by atoms with Gasteiger partial charge >= 0.3 is 0 Å². The van der Waals surface area contributed by atoms with Crippen molar-refractivity contribution in [2.75, 3.05) is 12.4 Å². The highest BCUT2D eigenvalue weighted by Gasteiger charge is 2.22. The van der Waals surface area contributed by atoms with Crippen LogP contribution in [-0.2, 0) is 4.79 Å². The molecule has 2 rings (SSSR count). The lowest BCUT2D eigenvalue weighted by atomic mass is 10.1. The molecule has 0 aliphatic carbocycles. The number of anilines is 1. The van der Waals surface area contributed by atoms with Gasteiger partial charge < -0.3 is 15.8 Å². The fraction of sp³-hybridized carbons (Fsp3) is 0.333. The van der Waals surface area contributed by atoms with Crippen LogP contribution in [0.5, 0.6) is 5.75 Å². The summed E-state index contributed by atoms with van der Waals surface area (Å²) in [6, 6.07) is 5.60. The van der Waals surface area contributed by atoms with Crippen LogP contribution in [0.1, 0.15) is 13.8 Å². The van der Waals surface area contributed by atoms with Crippen LogP contribution in [0.4, 0.5) is 5.13 Å². The summed E-state index contributed by atoms with van der Waals surface area (Å²) in [6.45, 7) is 3.30. The van der Waals surface area contributed by atoms with Gasteiger partial charge in [0.1, 0.15) is 5.75 Å². The number of hydrogen-bond donors (Lipinski definition) is 2. The fourth-order valence-corrected chi connectivity index (χ4v) is 2.19. The Balaban J connectivity index is 2.28. The van der Waals surface area contributed by atoms with Gasteiger partial charge in [0.15, 0.2) is 5.13 Å². The number of carbonyl (C=O) groups is 1. The molecule has 2 aromatic rings. The van der Waals surface area contributed by atoms with Gasteiger partial charge in [-0.2, -0.15) is 0 Å². The van der Waals surface area contributed by atoms with E-state index in [-0.39, 0.29) is 5.91 Å². The van der Waals surface area contributed by atoms with Gasteiger partial charge in [-0.3, -0.25) is 4.79 Å². The Bertz CT molecular complexity index is 587. The highest BCUT2D eigenvalue weighted by Crippen LogP contribution is 2.29. The Labute approximate surface area is 109 Å². The van der Waals surface area contributed by atoms with E-state index in [1.165, 1.54) is 11.3 Å². The minimum atomic E-state index is -0.921. The Kier molecular flexibility index (Phi) is 3.23. The number of methoxy groups -OCH3 is 1. The van der Waals surface area contributed by atoms with Crippen LogP contribution in [0.3, 0.4) is 0 Å². The number of nitrogens with two attached hydrogens (primary N) is 1. The first-order valence-corrected chi connectivity index (χ1v) is 6.27. The molecule has 18 heavy (non-hydrogen) atoms. The van der Waals surface area contributed by atoms with E-state index in [1.54, 1.807) is 21.0 Å². The lowest BCUT2D eigenvalue weighted by Gasteiger charge is -2.15. The molecule has 0 spiro atoms. The number of hydrogen-bond acceptors (Lipinski definition) is 5. The molecule has 96 valence electrons. The maximum Gasteiger partial charge on any atom is 0.245 e. The average Bonchev–Trinajstić information content (AvgIpc) is 2.68. The van der Waals surface area contributed by atoms with Gasteiger partial charge in [0.05, 0.1) is 22.9 Å². The molecule has 1 aromatic heterocycles. The second kappa shape index (κ2) is 4.55. The number of nitrogens with zero attached hydrogens (tertiary/aromatic N) is 1. The van der Waals surface area contributed by atoms with Crippen LogP contribution in [0.25, 0.3) is 10.2 Å². The molecule has 3 N–H and O–H groups in total. The molecule has 0 aliphatic rings. The molecule has 0 unspecified atom stereocenters. The van der Waals surface area contributed by atoms with Crippen molar-refractivity contribution in [2.24, 2.45) is 5.73 Å². The Morgan fingerprint density at radius 3 is 2.83 bits per heavy atom. The van der Waals surface area contributed by atoms with Crippen molar-refractivity contribution in [1.29, 1.82) is 0 Å². The van der Waals surface area contributed by atoms with Crippen LogP contribution in [-0.4, -0.2) is 23.5 Å². The normalized spacial score (nSPS) is 11.6. The van der Waals surface area contributed by atoms with Crippen molar-refractivity contribution in [3.05, 3.63) is 18.2 Å². The molecule has 1 heterocycles. The summed E-state index contributed by atoms with van der Waals surface area (Å²) in [6.07, 6.45) is 0. The summed E-state index contributed by atoms with van der Waals surface area (Å²) in [5.74, 6) is 0.485. The van der Waals surface area contributed by atoms with Gasteiger partial charge in [0.2, 0.25) is 5.91 Å². The maximum absolute atomic E-state index is 11.7. The SMILES string of the molecule is COc1ccc2sc(NC(=O)C(C)(C)N)nc2c1. The molecule has 0 aliphatic heterocycles. The smallest absolute Gasteiger partial charge is 0.245 e. The van der Waals surface area contributed by atoms with E-state index >= 15 is 0 Å². The highest BCUT2D eigenvalue weighted by molar-refractivity contribution is 7.22. The van der Waals surface area contributed by atoms with E-state index in [0.717, 1.165) is 16.0 Å². The van der Waals surface area contributed by atoms with Crippen LogP contribution < -0.4 is 15.8 Å². The zero-order valence-electron chi connectivity index (χ0n) is 10.5. The monoisotopic (exact) mass is 265 g/mol. The molecule has 1 aromatic carbocycles. The minimum absolute atomic E-state index is 0.256. The second-order valence-corrected chi connectivity index (χ2v) is 5.56. The quantitative estimate of drug-likeness (QED) is 0.889. The molecule has 0 saturated carbocycles. The van der Waals surface area contributed by atoms with E-state index in [9.17, 15) is 4.79 Å². The molecule has 0 saturated heterocycles. The molecule has 5 nitrogen and oxygen atoms in total. The molecule has 0 fully saturated rings. The Morgan fingerprint density at radius 1 is 1.50 bits per heavy atom. The standard InChI is InChI=1S/C12H15N3O2S/c1-12(2,13)10(16)15-11-14-8-6-7(17-3)4-5-9(8)18-11/h4-6H,13H2,1-3H3,(H,14,15,16). The number of nitrogens with one attached hydrogen (secondary N) is 1. The first kappa shape index (κ1) is 12.8. The van der Waals surface area contributed by atoms with Crippen molar-refractivity contribution in [2.45, 2.75) is 19.4 Å². The maximum atomic E-state index is 11.7. The molecule has 0 bridgehead atoms. The first-order valence-electron chi connectivity index (χ1n) is 5.45. The molecule has 1 amide bonds. The predicted molar refractivity (Wildman–Crippen MR) is 73.1 cm³/mol. The highest BCUT2D eigenvalue weighted by atomic mass is 32.1. The number of aromatic nitrogens is 1. The summed E-state index contributed by atoms with van der Waals surface area (Å²) < 4.78 is 6.11. The van der Waals surface area contributed by atoms with Crippen molar-refractivity contribution < 1.29 is 9.53 Å². The van der Waals surface area contributed by atoms with Gasteiger partial charge in [-0.15, -0.1) is 0 Å². The third-order valence-corrected chi connectivity index (χ3v) is 3.35. The number of carbonyl (C=O) groups excluding carboxylic acids is 1. The van der Waals surface area contributed by atoms with E-state index in [2.05, 4.69) is 10.3 Å². The van der Waals surface area contributed by atoms with Crippen molar-refractivity contribution in [3.63, 3.8) is 0 Å². The summed E-state index contributed by atoms with van der Waals surface area (Å²) >= 11 is 1.41. The third-order valence-electron chi connectivity index (χ3n) is 2.40. The molecule has 6 heteroatoms. The van der Waals surface area contributed by atoms with Crippen molar-refractivity contribution >= 4 is 32.6 Å². The molecule has 0 radical (unpaired) electrons. The Morgan fingerprint density at radius 2 is 2.22 bits per heavy atom. The number of amides is 1. The largest absolute Gasteiger partial charge is 0.497 e. The zero-order valence-corrected chi connectivity index (χ0v) is 11.3. The molecular formula is C12H15N3O2S. The second-order valence-electron chi connectivity index (χ2n) is 4.53. The summed E-state index contributed by atoms with van der Waals surface area (Å²) in [4.78, 5) is 16.1. The van der Waals surface area contributed by atoms with Gasteiger partial charge in [0.25, 0.3) is 0 Å². The number of fused-ring (bicyclic) bond motifs is 1. The fourth-order valence-electron chi connectivity index (χ4n) is 1.35. The summed E-state index contributed by atoms with van der Waals surface area (Å²) in [5.41, 5.74) is 5.59. The van der Waals surface area contributed by atoms with Gasteiger partial charge in [-0.1, -0.05) is 11.3 Å². The minimum Gasteiger partial charge on any atom is -0.497 e. The lowest BCUT2D eigenvalue weighted by Crippen LogP contribution is -2.45. The number of rotatable bonds is 3. The van der Waals surface area contributed by atoms with Gasteiger partial charge in [0, 0.05) is 6.07 Å².